The van der Waals surface area contributed by atoms with Gasteiger partial charge in [0.05, 0.1) is 5.75 Å². The number of carbonyl (C=O) groups excluding carboxylic acids is 1. The zero-order chi connectivity index (χ0) is 21.1. The van der Waals surface area contributed by atoms with Gasteiger partial charge < -0.3 is 0 Å². The third kappa shape index (κ3) is 4.19. The van der Waals surface area contributed by atoms with Gasteiger partial charge in [-0.1, -0.05) is 47.7 Å². The number of hydrogen-bond donors (Lipinski definition) is 0. The molecular weight excluding hydrogens is 397 g/mol. The first-order valence-electron chi connectivity index (χ1n) is 9.53. The van der Waals surface area contributed by atoms with E-state index in [-0.39, 0.29) is 17.4 Å². The van der Waals surface area contributed by atoms with Crippen molar-refractivity contribution in [2.75, 3.05) is 5.75 Å². The van der Waals surface area contributed by atoms with Crippen molar-refractivity contribution < 1.29 is 9.18 Å². The Bertz CT molecular complexity index is 1190. The summed E-state index contributed by atoms with van der Waals surface area (Å²) >= 11 is 1.34. The highest BCUT2D eigenvalue weighted by Gasteiger charge is 2.18. The third-order valence-electron chi connectivity index (χ3n) is 4.78. The zero-order valence-electron chi connectivity index (χ0n) is 16.7. The third-order valence-corrected chi connectivity index (χ3v) is 5.70. The average molecular weight is 418 g/mol. The summed E-state index contributed by atoms with van der Waals surface area (Å²) in [5.41, 5.74) is 4.37. The van der Waals surface area contributed by atoms with E-state index >= 15 is 0 Å². The zero-order valence-corrected chi connectivity index (χ0v) is 17.5. The van der Waals surface area contributed by atoms with Crippen LogP contribution in [0.5, 0.6) is 0 Å². The monoisotopic (exact) mass is 417 g/mol. The number of para-hydroxylation sites is 1. The molecule has 0 aliphatic rings. The lowest BCUT2D eigenvalue weighted by Crippen LogP contribution is -2.07. The average Bonchev–Trinajstić information content (AvgIpc) is 3.19. The Morgan fingerprint density at radius 3 is 2.43 bits per heavy atom. The molecule has 0 unspecified atom stereocenters. The second kappa shape index (κ2) is 8.63. The van der Waals surface area contributed by atoms with E-state index in [2.05, 4.69) is 10.2 Å². The van der Waals surface area contributed by atoms with Crippen LogP contribution in [0.25, 0.3) is 17.1 Å². The summed E-state index contributed by atoms with van der Waals surface area (Å²) in [6, 6.07) is 21.7. The second-order valence-electron chi connectivity index (χ2n) is 7.01. The number of carbonyl (C=O) groups is 1. The van der Waals surface area contributed by atoms with Crippen LogP contribution in [0, 0.1) is 19.7 Å². The van der Waals surface area contributed by atoms with Crippen LogP contribution in [0.4, 0.5) is 4.39 Å². The summed E-state index contributed by atoms with van der Waals surface area (Å²) in [5, 5.41) is 9.27. The van der Waals surface area contributed by atoms with Crippen molar-refractivity contribution in [2.45, 2.75) is 19.0 Å². The number of rotatable bonds is 6. The molecule has 0 spiro atoms. The molecule has 0 fully saturated rings. The molecule has 0 radical (unpaired) electrons. The summed E-state index contributed by atoms with van der Waals surface area (Å²) < 4.78 is 15.3. The van der Waals surface area contributed by atoms with E-state index in [0.29, 0.717) is 11.0 Å². The molecule has 0 atom stereocenters. The largest absolute Gasteiger partial charge is 0.293 e. The van der Waals surface area contributed by atoms with Crippen molar-refractivity contribution in [3.05, 3.63) is 95.3 Å². The molecule has 1 heterocycles. The lowest BCUT2D eigenvalue weighted by atomic mass is 10.0. The Balaban J connectivity index is 1.67. The number of halogens is 1. The minimum Gasteiger partial charge on any atom is -0.293 e. The normalized spacial score (nSPS) is 10.9. The molecule has 0 aliphatic heterocycles. The summed E-state index contributed by atoms with van der Waals surface area (Å²) in [5.74, 6) is 0.590. The molecule has 0 N–H and O–H groups in total. The number of ketones is 1. The van der Waals surface area contributed by atoms with Crippen LogP contribution in [-0.4, -0.2) is 26.3 Å². The van der Waals surface area contributed by atoms with Crippen LogP contribution in [0.1, 0.15) is 21.5 Å². The van der Waals surface area contributed by atoms with Crippen molar-refractivity contribution in [1.82, 2.24) is 14.8 Å². The highest BCUT2D eigenvalue weighted by Crippen LogP contribution is 2.28. The minimum atomic E-state index is -0.307. The van der Waals surface area contributed by atoms with Crippen molar-refractivity contribution in [3.63, 3.8) is 0 Å². The van der Waals surface area contributed by atoms with Crippen LogP contribution in [0.3, 0.4) is 0 Å². The van der Waals surface area contributed by atoms with Crippen molar-refractivity contribution in [2.24, 2.45) is 0 Å². The maximum atomic E-state index is 13.4. The van der Waals surface area contributed by atoms with E-state index < -0.39 is 0 Å². The minimum absolute atomic E-state index is 0.0483. The molecule has 0 aliphatic carbocycles. The molecule has 4 rings (SSSR count). The Labute approximate surface area is 178 Å². The predicted octanol–water partition coefficient (Wildman–Crippen LogP) is 5.67. The molecular formula is C24H20FN3OS. The number of Topliss-reactive ketones (excluding diaryl/α,β-unsaturated/α-hetero) is 1. The van der Waals surface area contributed by atoms with E-state index in [0.717, 1.165) is 27.9 Å². The summed E-state index contributed by atoms with van der Waals surface area (Å²) in [4.78, 5) is 12.8. The molecule has 0 saturated carbocycles. The molecule has 0 saturated heterocycles. The topological polar surface area (TPSA) is 47.8 Å². The van der Waals surface area contributed by atoms with Crippen LogP contribution in [0.15, 0.2) is 78.0 Å². The Morgan fingerprint density at radius 1 is 0.967 bits per heavy atom. The Hall–Kier alpha value is -3.25. The number of aryl methyl sites for hydroxylation is 2. The first-order valence-corrected chi connectivity index (χ1v) is 10.5. The second-order valence-corrected chi connectivity index (χ2v) is 7.96. The molecule has 6 heteroatoms. The van der Waals surface area contributed by atoms with E-state index in [9.17, 15) is 9.18 Å². The summed E-state index contributed by atoms with van der Waals surface area (Å²) in [6.45, 7) is 3.92. The van der Waals surface area contributed by atoms with Gasteiger partial charge >= 0.3 is 0 Å². The van der Waals surface area contributed by atoms with Gasteiger partial charge in [0.2, 0.25) is 0 Å². The number of hydrogen-bond acceptors (Lipinski definition) is 4. The number of aromatic nitrogens is 3. The van der Waals surface area contributed by atoms with Gasteiger partial charge in [0, 0.05) is 16.8 Å². The lowest BCUT2D eigenvalue weighted by Gasteiger charge is -2.11. The summed E-state index contributed by atoms with van der Waals surface area (Å²) in [7, 11) is 0. The molecule has 30 heavy (non-hydrogen) atoms. The number of benzene rings is 3. The molecule has 4 aromatic rings. The van der Waals surface area contributed by atoms with E-state index in [1.165, 1.54) is 23.9 Å². The smallest absolute Gasteiger partial charge is 0.196 e. The Kier molecular flexibility index (Phi) is 5.77. The SMILES string of the molecule is Cc1ccc(C)c(C(=O)CSc2nnc(-c3ccc(F)cc3)n2-c2ccccc2)c1. The van der Waals surface area contributed by atoms with Crippen molar-refractivity contribution in [1.29, 1.82) is 0 Å². The van der Waals surface area contributed by atoms with Gasteiger partial charge in [-0.2, -0.15) is 0 Å². The first kappa shape index (κ1) is 20.0. The van der Waals surface area contributed by atoms with Gasteiger partial charge in [0.25, 0.3) is 0 Å². The van der Waals surface area contributed by atoms with Crippen molar-refractivity contribution >= 4 is 17.5 Å². The molecule has 3 aromatic carbocycles. The van der Waals surface area contributed by atoms with Gasteiger partial charge in [-0.15, -0.1) is 10.2 Å². The maximum Gasteiger partial charge on any atom is 0.196 e. The van der Waals surface area contributed by atoms with Gasteiger partial charge in [-0.3, -0.25) is 9.36 Å². The van der Waals surface area contributed by atoms with Crippen molar-refractivity contribution in [3.8, 4) is 17.1 Å². The van der Waals surface area contributed by atoms with E-state index in [1.807, 2.05) is 66.9 Å². The lowest BCUT2D eigenvalue weighted by molar-refractivity contribution is 0.102. The number of nitrogens with zero attached hydrogens (tertiary/aromatic N) is 3. The quantitative estimate of drug-likeness (QED) is 0.300. The van der Waals surface area contributed by atoms with Gasteiger partial charge in [-0.25, -0.2) is 4.39 Å². The standard InChI is InChI=1S/C24H20FN3OS/c1-16-8-9-17(2)21(14-16)22(29)15-30-24-27-26-23(18-10-12-19(25)13-11-18)28(24)20-6-4-3-5-7-20/h3-14H,15H2,1-2H3. The molecule has 0 amide bonds. The molecule has 1 aromatic heterocycles. The van der Waals surface area contributed by atoms with Gasteiger partial charge in [0.15, 0.2) is 16.8 Å². The molecule has 4 nitrogen and oxygen atoms in total. The Morgan fingerprint density at radius 2 is 1.70 bits per heavy atom. The highest BCUT2D eigenvalue weighted by molar-refractivity contribution is 7.99. The highest BCUT2D eigenvalue weighted by atomic mass is 32.2. The predicted molar refractivity (Wildman–Crippen MR) is 118 cm³/mol. The van der Waals surface area contributed by atoms with E-state index in [4.69, 9.17) is 0 Å². The fraction of sp³-hybridized carbons (Fsp3) is 0.125. The fourth-order valence-electron chi connectivity index (χ4n) is 3.20. The van der Waals surface area contributed by atoms with Crippen LogP contribution in [-0.2, 0) is 0 Å². The molecule has 150 valence electrons. The maximum absolute atomic E-state index is 13.4. The van der Waals surface area contributed by atoms with Crippen LogP contribution >= 0.6 is 11.8 Å². The summed E-state index contributed by atoms with van der Waals surface area (Å²) in [6.07, 6.45) is 0. The fourth-order valence-corrected chi connectivity index (χ4v) is 4.04. The van der Waals surface area contributed by atoms with Gasteiger partial charge in [-0.05, 0) is 61.9 Å². The first-order chi connectivity index (χ1) is 14.5. The number of thioether (sulfide) groups is 1. The molecule has 0 bridgehead atoms. The van der Waals surface area contributed by atoms with Crippen LogP contribution < -0.4 is 0 Å². The van der Waals surface area contributed by atoms with Crippen LogP contribution in [0.2, 0.25) is 0 Å². The van der Waals surface area contributed by atoms with Gasteiger partial charge in [0.1, 0.15) is 5.82 Å². The van der Waals surface area contributed by atoms with E-state index in [1.54, 1.807) is 12.1 Å².